The molecule has 1 aromatic carbocycles. The largest absolute Gasteiger partial charge is 0.503 e. The molecule has 0 bridgehead atoms. The SMILES string of the molecule is COc1ccc(CC(=O)NCc2c(O)c(=O)cc(C)n2C)cc1. The molecule has 0 aliphatic rings. The molecule has 2 rings (SSSR count). The van der Waals surface area contributed by atoms with E-state index < -0.39 is 5.43 Å². The molecular weight excluding hydrogens is 296 g/mol. The number of rotatable bonds is 5. The van der Waals surface area contributed by atoms with Gasteiger partial charge in [0.15, 0.2) is 5.75 Å². The van der Waals surface area contributed by atoms with Crippen molar-refractivity contribution in [2.75, 3.05) is 7.11 Å². The lowest BCUT2D eigenvalue weighted by Crippen LogP contribution is -2.27. The Bertz CT molecular complexity index is 763. The Labute approximate surface area is 134 Å². The summed E-state index contributed by atoms with van der Waals surface area (Å²) in [5.74, 6) is 0.209. The first kappa shape index (κ1) is 16.6. The van der Waals surface area contributed by atoms with Crippen LogP contribution in [0.4, 0.5) is 0 Å². The number of hydrogen-bond acceptors (Lipinski definition) is 4. The first-order valence-corrected chi connectivity index (χ1v) is 7.20. The summed E-state index contributed by atoms with van der Waals surface area (Å²) in [5, 5.41) is 12.6. The van der Waals surface area contributed by atoms with Crippen molar-refractivity contribution < 1.29 is 14.6 Å². The van der Waals surface area contributed by atoms with E-state index in [1.54, 1.807) is 37.8 Å². The number of aromatic nitrogens is 1. The molecule has 0 unspecified atom stereocenters. The van der Waals surface area contributed by atoms with Crippen LogP contribution in [0.25, 0.3) is 0 Å². The van der Waals surface area contributed by atoms with Gasteiger partial charge < -0.3 is 19.7 Å². The highest BCUT2D eigenvalue weighted by molar-refractivity contribution is 5.78. The Hall–Kier alpha value is -2.76. The molecule has 0 aliphatic carbocycles. The number of pyridine rings is 1. The first-order chi connectivity index (χ1) is 10.9. The molecule has 1 amide bonds. The monoisotopic (exact) mass is 316 g/mol. The van der Waals surface area contributed by atoms with Gasteiger partial charge in [-0.3, -0.25) is 9.59 Å². The van der Waals surface area contributed by atoms with E-state index >= 15 is 0 Å². The lowest BCUT2D eigenvalue weighted by atomic mass is 10.1. The third-order valence-electron chi connectivity index (χ3n) is 3.76. The van der Waals surface area contributed by atoms with E-state index in [9.17, 15) is 14.7 Å². The fraction of sp³-hybridized carbons (Fsp3) is 0.294. The smallest absolute Gasteiger partial charge is 0.224 e. The van der Waals surface area contributed by atoms with Gasteiger partial charge >= 0.3 is 0 Å². The van der Waals surface area contributed by atoms with Crippen LogP contribution in [0.3, 0.4) is 0 Å². The molecule has 1 heterocycles. The van der Waals surface area contributed by atoms with Gasteiger partial charge in [0.1, 0.15) is 5.75 Å². The second-order valence-electron chi connectivity index (χ2n) is 5.31. The molecule has 6 heteroatoms. The van der Waals surface area contributed by atoms with E-state index in [0.717, 1.165) is 11.3 Å². The first-order valence-electron chi connectivity index (χ1n) is 7.20. The normalized spacial score (nSPS) is 10.4. The number of methoxy groups -OCH3 is 1. The maximum Gasteiger partial charge on any atom is 0.224 e. The van der Waals surface area contributed by atoms with Gasteiger partial charge in [-0.05, 0) is 24.6 Å². The number of benzene rings is 1. The highest BCUT2D eigenvalue weighted by Crippen LogP contribution is 2.13. The van der Waals surface area contributed by atoms with E-state index in [-0.39, 0.29) is 24.6 Å². The van der Waals surface area contributed by atoms with Crippen molar-refractivity contribution in [2.45, 2.75) is 19.9 Å². The van der Waals surface area contributed by atoms with Crippen molar-refractivity contribution in [1.29, 1.82) is 0 Å². The predicted molar refractivity (Wildman–Crippen MR) is 86.6 cm³/mol. The van der Waals surface area contributed by atoms with Gasteiger partial charge in [0.2, 0.25) is 11.3 Å². The highest BCUT2D eigenvalue weighted by Gasteiger charge is 2.12. The van der Waals surface area contributed by atoms with Gasteiger partial charge in [-0.1, -0.05) is 12.1 Å². The average Bonchev–Trinajstić information content (AvgIpc) is 2.53. The summed E-state index contributed by atoms with van der Waals surface area (Å²) >= 11 is 0. The molecular formula is C17H20N2O4. The van der Waals surface area contributed by atoms with Crippen molar-refractivity contribution in [3.8, 4) is 11.5 Å². The summed E-state index contributed by atoms with van der Waals surface area (Å²) in [7, 11) is 3.32. The summed E-state index contributed by atoms with van der Waals surface area (Å²) in [6.45, 7) is 1.86. The van der Waals surface area contributed by atoms with Crippen molar-refractivity contribution in [3.05, 3.63) is 57.5 Å². The molecule has 122 valence electrons. The summed E-state index contributed by atoms with van der Waals surface area (Å²) < 4.78 is 6.75. The van der Waals surface area contributed by atoms with Crippen LogP contribution in [0.1, 0.15) is 17.0 Å². The van der Waals surface area contributed by atoms with Crippen LogP contribution >= 0.6 is 0 Å². The fourth-order valence-corrected chi connectivity index (χ4v) is 2.24. The number of carbonyl (C=O) groups excluding carboxylic acids is 1. The van der Waals surface area contributed by atoms with Crippen molar-refractivity contribution in [2.24, 2.45) is 7.05 Å². The topological polar surface area (TPSA) is 80.6 Å². The third-order valence-corrected chi connectivity index (χ3v) is 3.76. The standard InChI is InChI=1S/C17H20N2O4/c1-11-8-15(20)17(22)14(19(11)2)10-18-16(21)9-12-4-6-13(23-3)7-5-12/h4-8,22H,9-10H2,1-3H3,(H,18,21). The minimum Gasteiger partial charge on any atom is -0.503 e. The maximum atomic E-state index is 12.0. The molecule has 6 nitrogen and oxygen atoms in total. The van der Waals surface area contributed by atoms with Crippen molar-refractivity contribution in [1.82, 2.24) is 9.88 Å². The van der Waals surface area contributed by atoms with Gasteiger partial charge in [-0.15, -0.1) is 0 Å². The van der Waals surface area contributed by atoms with Crippen LogP contribution in [0.5, 0.6) is 11.5 Å². The summed E-state index contributed by atoms with van der Waals surface area (Å²) in [4.78, 5) is 23.6. The van der Waals surface area contributed by atoms with Crippen LogP contribution in [0.15, 0.2) is 35.1 Å². The molecule has 0 aliphatic heterocycles. The van der Waals surface area contributed by atoms with E-state index in [2.05, 4.69) is 5.32 Å². The molecule has 1 aromatic heterocycles. The zero-order chi connectivity index (χ0) is 17.0. The van der Waals surface area contributed by atoms with Crippen LogP contribution in [-0.4, -0.2) is 22.7 Å². The molecule has 0 fully saturated rings. The number of hydrogen-bond donors (Lipinski definition) is 2. The Kier molecular flexibility index (Phi) is 5.05. The molecule has 0 saturated heterocycles. The van der Waals surface area contributed by atoms with E-state index in [4.69, 9.17) is 4.74 Å². The molecule has 0 radical (unpaired) electrons. The van der Waals surface area contributed by atoms with E-state index in [0.29, 0.717) is 11.4 Å². The average molecular weight is 316 g/mol. The number of aryl methyl sites for hydroxylation is 1. The molecule has 2 aromatic rings. The highest BCUT2D eigenvalue weighted by atomic mass is 16.5. The van der Waals surface area contributed by atoms with Gasteiger partial charge in [0, 0.05) is 18.8 Å². The van der Waals surface area contributed by atoms with E-state index in [1.165, 1.54) is 6.07 Å². The summed E-state index contributed by atoms with van der Waals surface area (Å²) in [6, 6.07) is 8.58. The second kappa shape index (κ2) is 7.00. The lowest BCUT2D eigenvalue weighted by molar-refractivity contribution is -0.120. The van der Waals surface area contributed by atoms with Gasteiger partial charge in [-0.25, -0.2) is 0 Å². The second-order valence-corrected chi connectivity index (χ2v) is 5.31. The third kappa shape index (κ3) is 3.91. The zero-order valence-corrected chi connectivity index (χ0v) is 13.4. The predicted octanol–water partition coefficient (Wildman–Crippen LogP) is 1.27. The van der Waals surface area contributed by atoms with Gasteiger partial charge in [0.25, 0.3) is 0 Å². The van der Waals surface area contributed by atoms with E-state index in [1.807, 2.05) is 12.1 Å². The minimum absolute atomic E-state index is 0.0915. The number of aromatic hydroxyl groups is 1. The zero-order valence-electron chi connectivity index (χ0n) is 13.4. The molecule has 2 N–H and O–H groups in total. The number of nitrogens with one attached hydrogen (secondary N) is 1. The fourth-order valence-electron chi connectivity index (χ4n) is 2.24. The Morgan fingerprint density at radius 2 is 1.96 bits per heavy atom. The molecule has 0 atom stereocenters. The quantitative estimate of drug-likeness (QED) is 0.870. The summed E-state index contributed by atoms with van der Waals surface area (Å²) in [5.41, 5.74) is 1.51. The van der Waals surface area contributed by atoms with Crippen LogP contribution in [0.2, 0.25) is 0 Å². The molecule has 0 saturated carbocycles. The van der Waals surface area contributed by atoms with Crippen molar-refractivity contribution in [3.63, 3.8) is 0 Å². The van der Waals surface area contributed by atoms with Gasteiger partial charge in [-0.2, -0.15) is 0 Å². The molecule has 0 spiro atoms. The molecule has 23 heavy (non-hydrogen) atoms. The Morgan fingerprint density at radius 3 is 2.57 bits per heavy atom. The van der Waals surface area contributed by atoms with Crippen LogP contribution in [-0.2, 0) is 24.8 Å². The Morgan fingerprint density at radius 1 is 1.30 bits per heavy atom. The van der Waals surface area contributed by atoms with Crippen molar-refractivity contribution >= 4 is 5.91 Å². The number of nitrogens with zero attached hydrogens (tertiary/aromatic N) is 1. The van der Waals surface area contributed by atoms with Crippen LogP contribution < -0.4 is 15.5 Å². The minimum atomic E-state index is -0.444. The van der Waals surface area contributed by atoms with Gasteiger partial charge in [0.05, 0.1) is 25.8 Å². The number of ether oxygens (including phenoxy) is 1. The number of amides is 1. The summed E-state index contributed by atoms with van der Waals surface area (Å²) in [6.07, 6.45) is 0.213. The maximum absolute atomic E-state index is 12.0. The lowest BCUT2D eigenvalue weighted by Gasteiger charge is -2.14. The number of carbonyl (C=O) groups is 1. The Balaban J connectivity index is 2.03. The van der Waals surface area contributed by atoms with Crippen LogP contribution in [0, 0.1) is 6.92 Å².